The molecule has 0 bridgehead atoms. The van der Waals surface area contributed by atoms with E-state index in [1.807, 2.05) is 6.92 Å². The summed E-state index contributed by atoms with van der Waals surface area (Å²) < 4.78 is 0. The van der Waals surface area contributed by atoms with Gasteiger partial charge >= 0.3 is 0 Å². The van der Waals surface area contributed by atoms with E-state index in [-0.39, 0.29) is 11.9 Å². The van der Waals surface area contributed by atoms with E-state index in [2.05, 4.69) is 30.6 Å². The van der Waals surface area contributed by atoms with E-state index in [0.717, 1.165) is 0 Å². The first-order chi connectivity index (χ1) is 7.07. The van der Waals surface area contributed by atoms with Crippen LogP contribution in [0.5, 0.6) is 0 Å². The van der Waals surface area contributed by atoms with Gasteiger partial charge in [-0.05, 0) is 33.6 Å². The molecule has 1 aliphatic rings. The fraction of sp³-hybridized carbons (Fsp3) is 0.750. The first kappa shape index (κ1) is 12.2. The molecule has 1 fully saturated rings. The van der Waals surface area contributed by atoms with E-state index in [9.17, 15) is 4.79 Å². The minimum Gasteiger partial charge on any atom is -0.351 e. The largest absolute Gasteiger partial charge is 0.351 e. The molecule has 0 aromatic heterocycles. The molecular formula is C12H22N2O. The summed E-state index contributed by atoms with van der Waals surface area (Å²) >= 11 is 0. The van der Waals surface area contributed by atoms with Gasteiger partial charge in [0, 0.05) is 18.6 Å². The van der Waals surface area contributed by atoms with Crippen LogP contribution in [0.1, 0.15) is 33.6 Å². The number of nitrogens with one attached hydrogen (secondary N) is 1. The number of amides is 1. The van der Waals surface area contributed by atoms with Crippen LogP contribution >= 0.6 is 0 Å². The van der Waals surface area contributed by atoms with Crippen LogP contribution in [0.2, 0.25) is 0 Å². The monoisotopic (exact) mass is 210 g/mol. The molecule has 0 saturated carbocycles. The lowest BCUT2D eigenvalue weighted by molar-refractivity contribution is -0.126. The van der Waals surface area contributed by atoms with Gasteiger partial charge in [0.1, 0.15) is 0 Å². The zero-order valence-electron chi connectivity index (χ0n) is 9.99. The maximum atomic E-state index is 11.8. The molecular weight excluding hydrogens is 188 g/mol. The van der Waals surface area contributed by atoms with Crippen LogP contribution in [0.4, 0.5) is 0 Å². The van der Waals surface area contributed by atoms with Crippen LogP contribution < -0.4 is 5.32 Å². The van der Waals surface area contributed by atoms with Gasteiger partial charge in [-0.25, -0.2) is 0 Å². The number of rotatable bonds is 4. The van der Waals surface area contributed by atoms with Gasteiger partial charge < -0.3 is 5.32 Å². The smallest absolute Gasteiger partial charge is 0.237 e. The van der Waals surface area contributed by atoms with Gasteiger partial charge in [0.25, 0.3) is 0 Å². The SMILES string of the molecule is C=CCNC(=O)C(C)N1C(C)CCC1C. The minimum absolute atomic E-state index is 0.0301. The Morgan fingerprint density at radius 3 is 2.53 bits per heavy atom. The first-order valence-corrected chi connectivity index (χ1v) is 5.74. The highest BCUT2D eigenvalue weighted by molar-refractivity contribution is 5.81. The molecule has 3 nitrogen and oxygen atoms in total. The van der Waals surface area contributed by atoms with E-state index in [1.54, 1.807) is 6.08 Å². The molecule has 0 aliphatic carbocycles. The summed E-state index contributed by atoms with van der Waals surface area (Å²) in [6, 6.07) is 1.01. The van der Waals surface area contributed by atoms with Crippen molar-refractivity contribution in [2.24, 2.45) is 0 Å². The van der Waals surface area contributed by atoms with Crippen molar-refractivity contribution in [3.63, 3.8) is 0 Å². The van der Waals surface area contributed by atoms with Gasteiger partial charge in [-0.15, -0.1) is 6.58 Å². The Hall–Kier alpha value is -0.830. The Morgan fingerprint density at radius 2 is 2.07 bits per heavy atom. The van der Waals surface area contributed by atoms with Crippen molar-refractivity contribution in [2.75, 3.05) is 6.54 Å². The van der Waals surface area contributed by atoms with Crippen molar-refractivity contribution in [3.8, 4) is 0 Å². The number of hydrogen-bond acceptors (Lipinski definition) is 2. The molecule has 1 amide bonds. The Morgan fingerprint density at radius 1 is 1.53 bits per heavy atom. The average molecular weight is 210 g/mol. The van der Waals surface area contributed by atoms with Crippen LogP contribution in [-0.4, -0.2) is 35.5 Å². The van der Waals surface area contributed by atoms with E-state index in [1.165, 1.54) is 12.8 Å². The summed E-state index contributed by atoms with van der Waals surface area (Å²) in [6.45, 7) is 10.5. The Balaban J connectivity index is 2.54. The molecule has 1 rings (SSSR count). The highest BCUT2D eigenvalue weighted by Gasteiger charge is 2.33. The predicted octanol–water partition coefficient (Wildman–Crippen LogP) is 1.55. The lowest BCUT2D eigenvalue weighted by Gasteiger charge is -2.31. The molecule has 3 unspecified atom stereocenters. The standard InChI is InChI=1S/C12H22N2O/c1-5-8-13-12(15)11(4)14-9(2)6-7-10(14)3/h5,9-11H,1,6-8H2,2-4H3,(H,13,15). The van der Waals surface area contributed by atoms with Gasteiger partial charge in [0.05, 0.1) is 6.04 Å². The quantitative estimate of drug-likeness (QED) is 0.714. The van der Waals surface area contributed by atoms with Crippen molar-refractivity contribution in [1.82, 2.24) is 10.2 Å². The van der Waals surface area contributed by atoms with E-state index < -0.39 is 0 Å². The predicted molar refractivity (Wildman–Crippen MR) is 62.7 cm³/mol. The number of carbonyl (C=O) groups is 1. The van der Waals surface area contributed by atoms with Gasteiger partial charge in [-0.1, -0.05) is 6.08 Å². The van der Waals surface area contributed by atoms with Crippen LogP contribution in [-0.2, 0) is 4.79 Å². The molecule has 1 heterocycles. The molecule has 1 N–H and O–H groups in total. The Labute approximate surface area is 92.5 Å². The van der Waals surface area contributed by atoms with Crippen molar-refractivity contribution >= 4 is 5.91 Å². The summed E-state index contributed by atoms with van der Waals surface area (Å²) in [5.74, 6) is 0.107. The third kappa shape index (κ3) is 2.81. The van der Waals surface area contributed by atoms with E-state index in [0.29, 0.717) is 18.6 Å². The number of likely N-dealkylation sites (tertiary alicyclic amines) is 1. The van der Waals surface area contributed by atoms with Gasteiger partial charge in [-0.3, -0.25) is 9.69 Å². The van der Waals surface area contributed by atoms with Gasteiger partial charge in [-0.2, -0.15) is 0 Å². The topological polar surface area (TPSA) is 32.3 Å². The van der Waals surface area contributed by atoms with Crippen LogP contribution in [0, 0.1) is 0 Å². The first-order valence-electron chi connectivity index (χ1n) is 5.74. The van der Waals surface area contributed by atoms with Gasteiger partial charge in [0.15, 0.2) is 0 Å². The number of hydrogen-bond donors (Lipinski definition) is 1. The van der Waals surface area contributed by atoms with E-state index >= 15 is 0 Å². The van der Waals surface area contributed by atoms with Crippen molar-refractivity contribution in [2.45, 2.75) is 51.7 Å². The van der Waals surface area contributed by atoms with Crippen LogP contribution in [0.25, 0.3) is 0 Å². The van der Waals surface area contributed by atoms with Crippen molar-refractivity contribution in [3.05, 3.63) is 12.7 Å². The molecule has 0 aromatic carbocycles. The molecule has 1 aliphatic heterocycles. The maximum Gasteiger partial charge on any atom is 0.237 e. The second kappa shape index (κ2) is 5.31. The lowest BCUT2D eigenvalue weighted by Crippen LogP contribution is -2.49. The third-order valence-electron chi connectivity index (χ3n) is 3.27. The summed E-state index contributed by atoms with van der Waals surface area (Å²) in [4.78, 5) is 14.1. The summed E-state index contributed by atoms with van der Waals surface area (Å²) in [7, 11) is 0. The molecule has 86 valence electrons. The zero-order chi connectivity index (χ0) is 11.4. The van der Waals surface area contributed by atoms with Crippen molar-refractivity contribution < 1.29 is 4.79 Å². The Kier molecular flexibility index (Phi) is 4.33. The van der Waals surface area contributed by atoms with E-state index in [4.69, 9.17) is 0 Å². The zero-order valence-corrected chi connectivity index (χ0v) is 9.99. The number of carbonyl (C=O) groups excluding carboxylic acids is 1. The molecule has 3 heteroatoms. The normalized spacial score (nSPS) is 28.7. The van der Waals surface area contributed by atoms with Crippen LogP contribution in [0.3, 0.4) is 0 Å². The summed E-state index contributed by atoms with van der Waals surface area (Å²) in [5.41, 5.74) is 0. The number of nitrogens with zero attached hydrogens (tertiary/aromatic N) is 1. The summed E-state index contributed by atoms with van der Waals surface area (Å²) in [5, 5.41) is 2.85. The third-order valence-corrected chi connectivity index (χ3v) is 3.27. The molecule has 1 saturated heterocycles. The van der Waals surface area contributed by atoms with Gasteiger partial charge in [0.2, 0.25) is 5.91 Å². The molecule has 0 radical (unpaired) electrons. The molecule has 0 aromatic rings. The average Bonchev–Trinajstić information content (AvgIpc) is 2.54. The van der Waals surface area contributed by atoms with Crippen LogP contribution in [0.15, 0.2) is 12.7 Å². The second-order valence-electron chi connectivity index (χ2n) is 4.43. The highest BCUT2D eigenvalue weighted by Crippen LogP contribution is 2.25. The molecule has 3 atom stereocenters. The summed E-state index contributed by atoms with van der Waals surface area (Å²) in [6.07, 6.45) is 4.10. The fourth-order valence-electron chi connectivity index (χ4n) is 2.43. The lowest BCUT2D eigenvalue weighted by atomic mass is 10.2. The van der Waals surface area contributed by atoms with Crippen molar-refractivity contribution in [1.29, 1.82) is 0 Å². The molecule has 0 spiro atoms. The Bertz CT molecular complexity index is 230. The molecule has 15 heavy (non-hydrogen) atoms. The minimum atomic E-state index is -0.0301. The maximum absolute atomic E-state index is 11.8. The highest BCUT2D eigenvalue weighted by atomic mass is 16.2. The fourth-order valence-corrected chi connectivity index (χ4v) is 2.43. The second-order valence-corrected chi connectivity index (χ2v) is 4.43.